The molecular formula is C10H14. The quantitative estimate of drug-likeness (QED) is 0.410. The van der Waals surface area contributed by atoms with Gasteiger partial charge in [0.1, 0.15) is 0 Å². The van der Waals surface area contributed by atoms with Crippen molar-refractivity contribution in [2.45, 2.75) is 20.3 Å². The van der Waals surface area contributed by atoms with Crippen LogP contribution in [0.5, 0.6) is 0 Å². The van der Waals surface area contributed by atoms with Gasteiger partial charge in [0.25, 0.3) is 0 Å². The predicted octanol–water partition coefficient (Wildman–Crippen LogP) is 3.24. The zero-order valence-corrected chi connectivity index (χ0v) is 6.72. The van der Waals surface area contributed by atoms with Crippen LogP contribution in [0, 0.1) is 0 Å². The lowest BCUT2D eigenvalue weighted by Crippen LogP contribution is -1.55. The van der Waals surface area contributed by atoms with E-state index in [1.807, 2.05) is 25.2 Å². The fraction of sp³-hybridized carbons (Fsp3) is 0.300. The molecular weight excluding hydrogens is 120 g/mol. The molecule has 0 amide bonds. The van der Waals surface area contributed by atoms with Gasteiger partial charge >= 0.3 is 0 Å². The minimum atomic E-state index is 1.03. The van der Waals surface area contributed by atoms with E-state index >= 15 is 0 Å². The highest BCUT2D eigenvalue weighted by molar-refractivity contribution is 5.13. The zero-order valence-electron chi connectivity index (χ0n) is 6.72. The third-order valence-corrected chi connectivity index (χ3v) is 0.894. The van der Waals surface area contributed by atoms with Crippen LogP contribution in [0.2, 0.25) is 0 Å². The average Bonchev–Trinajstić information content (AvgIpc) is 1.87. The normalized spacial score (nSPS) is 9.00. The number of allylic oxidation sites excluding steroid dienone is 4. The molecule has 0 aromatic heterocycles. The van der Waals surface area contributed by atoms with Crippen LogP contribution in [-0.4, -0.2) is 0 Å². The highest BCUT2D eigenvalue weighted by Gasteiger charge is 1.65. The maximum atomic E-state index is 3.71. The van der Waals surface area contributed by atoms with E-state index in [2.05, 4.69) is 25.3 Å². The van der Waals surface area contributed by atoms with Crippen molar-refractivity contribution in [2.24, 2.45) is 0 Å². The molecule has 0 aliphatic rings. The molecule has 0 aliphatic heterocycles. The summed E-state index contributed by atoms with van der Waals surface area (Å²) in [6, 6.07) is 0. The molecule has 0 atom stereocenters. The standard InChI is InChI=1S/C10H14/c1-4-5-6-7-8-9-10(2)3/h5-7,9H,2,4H2,1,3H3/b6-5-. The first-order valence-electron chi connectivity index (χ1n) is 3.50. The minimum Gasteiger partial charge on any atom is -0.121 e. The fourth-order valence-corrected chi connectivity index (χ4v) is 0.450. The molecule has 0 aromatic carbocycles. The van der Waals surface area contributed by atoms with E-state index in [0.29, 0.717) is 0 Å². The van der Waals surface area contributed by atoms with Crippen molar-refractivity contribution in [3.8, 4) is 0 Å². The van der Waals surface area contributed by atoms with Gasteiger partial charge in [-0.25, -0.2) is 0 Å². The van der Waals surface area contributed by atoms with Crippen LogP contribution < -0.4 is 0 Å². The molecule has 0 saturated heterocycles. The van der Waals surface area contributed by atoms with Crippen molar-refractivity contribution in [1.82, 2.24) is 0 Å². The maximum absolute atomic E-state index is 3.71. The van der Waals surface area contributed by atoms with Gasteiger partial charge < -0.3 is 0 Å². The molecule has 10 heavy (non-hydrogen) atoms. The maximum Gasteiger partial charge on any atom is -0.0176 e. The summed E-state index contributed by atoms with van der Waals surface area (Å²) in [4.78, 5) is 0. The van der Waals surface area contributed by atoms with Crippen molar-refractivity contribution >= 4 is 0 Å². The molecule has 0 fully saturated rings. The summed E-state index contributed by atoms with van der Waals surface area (Å²) in [6.45, 7) is 7.76. The summed E-state index contributed by atoms with van der Waals surface area (Å²) in [7, 11) is 0. The van der Waals surface area contributed by atoms with E-state index < -0.39 is 0 Å². The Balaban J connectivity index is 3.75. The highest BCUT2D eigenvalue weighted by Crippen LogP contribution is 1.86. The van der Waals surface area contributed by atoms with Crippen molar-refractivity contribution in [2.75, 3.05) is 0 Å². The van der Waals surface area contributed by atoms with Crippen LogP contribution in [0.4, 0.5) is 0 Å². The van der Waals surface area contributed by atoms with Crippen molar-refractivity contribution in [3.63, 3.8) is 0 Å². The van der Waals surface area contributed by atoms with Gasteiger partial charge in [0, 0.05) is 0 Å². The van der Waals surface area contributed by atoms with E-state index in [1.165, 1.54) is 0 Å². The predicted molar refractivity (Wildman–Crippen MR) is 46.9 cm³/mol. The van der Waals surface area contributed by atoms with E-state index in [4.69, 9.17) is 0 Å². The van der Waals surface area contributed by atoms with Gasteiger partial charge in [-0.05, 0) is 25.5 Å². The Hall–Kier alpha value is -1.00. The van der Waals surface area contributed by atoms with Crippen LogP contribution >= 0.6 is 0 Å². The van der Waals surface area contributed by atoms with Crippen molar-refractivity contribution in [3.05, 3.63) is 42.2 Å². The fourth-order valence-electron chi connectivity index (χ4n) is 0.450. The third-order valence-electron chi connectivity index (χ3n) is 0.894. The number of hydrogen-bond acceptors (Lipinski definition) is 0. The van der Waals surface area contributed by atoms with Crippen LogP contribution in [0.25, 0.3) is 0 Å². The van der Waals surface area contributed by atoms with Gasteiger partial charge in [0.05, 0.1) is 0 Å². The molecule has 0 aromatic rings. The first-order chi connectivity index (χ1) is 4.77. The van der Waals surface area contributed by atoms with Crippen LogP contribution in [0.15, 0.2) is 42.2 Å². The Morgan fingerprint density at radius 1 is 1.60 bits per heavy atom. The van der Waals surface area contributed by atoms with Crippen molar-refractivity contribution in [1.29, 1.82) is 0 Å². The molecule has 0 heterocycles. The topological polar surface area (TPSA) is 0 Å². The lowest BCUT2D eigenvalue weighted by Gasteiger charge is -1.75. The first-order valence-corrected chi connectivity index (χ1v) is 3.50. The SMILES string of the molecule is C=C(C)C=C=C/C=C\CC. The monoisotopic (exact) mass is 134 g/mol. The summed E-state index contributed by atoms with van der Waals surface area (Å²) in [5, 5.41) is 0. The number of hydrogen-bond donors (Lipinski definition) is 0. The Kier molecular flexibility index (Phi) is 5.51. The van der Waals surface area contributed by atoms with E-state index in [0.717, 1.165) is 12.0 Å². The van der Waals surface area contributed by atoms with Gasteiger partial charge in [-0.2, -0.15) is 0 Å². The van der Waals surface area contributed by atoms with E-state index in [1.54, 1.807) is 0 Å². The second-order valence-corrected chi connectivity index (χ2v) is 2.16. The van der Waals surface area contributed by atoms with Gasteiger partial charge in [-0.1, -0.05) is 31.2 Å². The zero-order chi connectivity index (χ0) is 7.82. The molecule has 0 bridgehead atoms. The summed E-state index contributed by atoms with van der Waals surface area (Å²) in [6.07, 6.45) is 8.89. The largest absolute Gasteiger partial charge is 0.121 e. The third kappa shape index (κ3) is 7.00. The molecule has 0 N–H and O–H groups in total. The van der Waals surface area contributed by atoms with Crippen LogP contribution in [0.1, 0.15) is 20.3 Å². The summed E-state index contributed by atoms with van der Waals surface area (Å²) >= 11 is 0. The van der Waals surface area contributed by atoms with E-state index in [9.17, 15) is 0 Å². The van der Waals surface area contributed by atoms with E-state index in [-0.39, 0.29) is 0 Å². The molecule has 54 valence electrons. The van der Waals surface area contributed by atoms with Gasteiger partial charge in [0.15, 0.2) is 0 Å². The van der Waals surface area contributed by atoms with Gasteiger partial charge in [-0.15, -0.1) is 5.73 Å². The van der Waals surface area contributed by atoms with Crippen molar-refractivity contribution < 1.29 is 0 Å². The molecule has 0 heteroatoms. The molecule has 0 aliphatic carbocycles. The Morgan fingerprint density at radius 3 is 2.80 bits per heavy atom. The summed E-state index contributed by atoms with van der Waals surface area (Å²) in [5.41, 5.74) is 4.01. The molecule has 0 rings (SSSR count). The molecule has 0 unspecified atom stereocenters. The van der Waals surface area contributed by atoms with Gasteiger partial charge in [-0.3, -0.25) is 0 Å². The number of rotatable bonds is 3. The molecule has 0 nitrogen and oxygen atoms in total. The smallest absolute Gasteiger partial charge is 0.0176 e. The Morgan fingerprint density at radius 2 is 2.30 bits per heavy atom. The highest BCUT2D eigenvalue weighted by atomic mass is 13.7. The van der Waals surface area contributed by atoms with Gasteiger partial charge in [0.2, 0.25) is 0 Å². The lowest BCUT2D eigenvalue weighted by molar-refractivity contribution is 1.22. The summed E-state index contributed by atoms with van der Waals surface area (Å²) < 4.78 is 0. The Labute approximate surface area is 63.3 Å². The summed E-state index contributed by atoms with van der Waals surface area (Å²) in [5.74, 6) is 0. The molecule has 0 radical (unpaired) electrons. The van der Waals surface area contributed by atoms with Crippen LogP contribution in [-0.2, 0) is 0 Å². The average molecular weight is 134 g/mol. The van der Waals surface area contributed by atoms with Crippen LogP contribution in [0.3, 0.4) is 0 Å². The second kappa shape index (κ2) is 6.12. The minimum absolute atomic E-state index is 1.03. The second-order valence-electron chi connectivity index (χ2n) is 2.16. The lowest BCUT2D eigenvalue weighted by atomic mass is 10.3. The first kappa shape index (κ1) is 9.00. The molecule has 0 saturated carbocycles. The Bertz CT molecular complexity index is 176. The molecule has 0 spiro atoms.